The zero-order valence-electron chi connectivity index (χ0n) is 27.3. The highest BCUT2D eigenvalue weighted by Crippen LogP contribution is 2.29. The number of aliphatic hydroxyl groups is 1. The van der Waals surface area contributed by atoms with Crippen molar-refractivity contribution >= 4 is 27.5 Å². The molecule has 3 aromatic carbocycles. The van der Waals surface area contributed by atoms with Gasteiger partial charge in [-0.1, -0.05) is 25.1 Å². The number of likely N-dealkylation sites (N-methyl/N-ethyl adjacent to an activating group) is 1. The van der Waals surface area contributed by atoms with E-state index in [1.54, 1.807) is 49.4 Å². The van der Waals surface area contributed by atoms with Crippen LogP contribution < -0.4 is 10.1 Å². The molecule has 1 heterocycles. The van der Waals surface area contributed by atoms with Gasteiger partial charge in [0.05, 0.1) is 35.3 Å². The number of hydrogen-bond acceptors (Lipinski definition) is 7. The van der Waals surface area contributed by atoms with Crippen LogP contribution in [-0.2, 0) is 14.8 Å². The minimum Gasteiger partial charge on any atom is -0.490 e. The van der Waals surface area contributed by atoms with Crippen LogP contribution in [0.5, 0.6) is 5.75 Å². The third-order valence-electron chi connectivity index (χ3n) is 8.30. The number of hydrogen-bond donors (Lipinski definition) is 2. The van der Waals surface area contributed by atoms with E-state index >= 15 is 0 Å². The number of aliphatic hydroxyl groups excluding tert-OH is 1. The van der Waals surface area contributed by atoms with E-state index in [-0.39, 0.29) is 48.1 Å². The average Bonchev–Trinajstić information content (AvgIpc) is 3.06. The monoisotopic (exact) mass is 669 g/mol. The van der Waals surface area contributed by atoms with Crippen molar-refractivity contribution in [1.82, 2.24) is 9.21 Å². The SMILES string of the molecule is C[C@@H]1CN([C@@H](C)CO)C(=O)c2cc(NC(=O)c3ccccc3)ccc2O[C@@H](C)CCCCO[C@@H]1CN(C)S(=O)(=O)c1ccc(F)cc1. The molecule has 1 aliphatic heterocycles. The van der Waals surface area contributed by atoms with E-state index in [1.807, 2.05) is 19.9 Å². The lowest BCUT2D eigenvalue weighted by Crippen LogP contribution is -2.48. The predicted octanol–water partition coefficient (Wildman–Crippen LogP) is 5.19. The van der Waals surface area contributed by atoms with Crippen molar-refractivity contribution in [2.24, 2.45) is 5.92 Å². The fraction of sp³-hybridized carbons (Fsp3) is 0.429. The number of amides is 2. The number of rotatable bonds is 8. The molecule has 0 spiro atoms. The molecule has 0 radical (unpaired) electrons. The van der Waals surface area contributed by atoms with E-state index in [2.05, 4.69) is 5.32 Å². The zero-order valence-corrected chi connectivity index (χ0v) is 28.1. The Labute approximate surface area is 276 Å². The van der Waals surface area contributed by atoms with E-state index in [0.29, 0.717) is 36.4 Å². The van der Waals surface area contributed by atoms with Crippen molar-refractivity contribution in [2.75, 3.05) is 38.7 Å². The molecule has 0 fully saturated rings. The van der Waals surface area contributed by atoms with Gasteiger partial charge in [0.1, 0.15) is 11.6 Å². The normalized spacial score (nSPS) is 20.5. The van der Waals surface area contributed by atoms with Gasteiger partial charge in [-0.05, 0) is 87.7 Å². The quantitative estimate of drug-likeness (QED) is 0.338. The molecular weight excluding hydrogens is 625 g/mol. The third kappa shape index (κ3) is 9.38. The number of nitrogens with zero attached hydrogens (tertiary/aromatic N) is 2. The fourth-order valence-electron chi connectivity index (χ4n) is 5.39. The fourth-order valence-corrected chi connectivity index (χ4v) is 6.58. The average molecular weight is 670 g/mol. The van der Waals surface area contributed by atoms with Crippen LogP contribution >= 0.6 is 0 Å². The summed E-state index contributed by atoms with van der Waals surface area (Å²) in [5, 5.41) is 13.0. The van der Waals surface area contributed by atoms with Gasteiger partial charge in [-0.2, -0.15) is 4.31 Å². The number of carbonyl (C=O) groups is 2. The van der Waals surface area contributed by atoms with Gasteiger partial charge < -0.3 is 24.8 Å². The molecule has 2 N–H and O–H groups in total. The molecule has 0 aliphatic carbocycles. The van der Waals surface area contributed by atoms with Gasteiger partial charge in [-0.3, -0.25) is 9.59 Å². The minimum atomic E-state index is -3.95. The Hall–Kier alpha value is -3.84. The molecule has 4 rings (SSSR count). The van der Waals surface area contributed by atoms with Gasteiger partial charge in [-0.15, -0.1) is 0 Å². The number of halogens is 1. The lowest BCUT2D eigenvalue weighted by molar-refractivity contribution is -0.00834. The van der Waals surface area contributed by atoms with Crippen LogP contribution in [0.2, 0.25) is 0 Å². The first-order valence-corrected chi connectivity index (χ1v) is 17.3. The van der Waals surface area contributed by atoms with E-state index < -0.39 is 33.9 Å². The Balaban J connectivity index is 1.65. The first kappa shape index (κ1) is 36.0. The van der Waals surface area contributed by atoms with Crippen LogP contribution in [0.15, 0.2) is 77.7 Å². The molecule has 47 heavy (non-hydrogen) atoms. The minimum absolute atomic E-state index is 0.0117. The Morgan fingerprint density at radius 3 is 2.47 bits per heavy atom. The van der Waals surface area contributed by atoms with Crippen LogP contribution in [0.4, 0.5) is 10.1 Å². The van der Waals surface area contributed by atoms with Crippen LogP contribution in [0.3, 0.4) is 0 Å². The molecule has 0 saturated heterocycles. The van der Waals surface area contributed by atoms with Gasteiger partial charge in [0.15, 0.2) is 0 Å². The van der Waals surface area contributed by atoms with Gasteiger partial charge >= 0.3 is 0 Å². The first-order chi connectivity index (χ1) is 22.4. The predicted molar refractivity (Wildman–Crippen MR) is 177 cm³/mol. The van der Waals surface area contributed by atoms with Crippen molar-refractivity contribution in [1.29, 1.82) is 0 Å². The topological polar surface area (TPSA) is 125 Å². The maximum atomic E-state index is 14.3. The van der Waals surface area contributed by atoms with E-state index in [9.17, 15) is 27.5 Å². The van der Waals surface area contributed by atoms with Crippen LogP contribution in [0.25, 0.3) is 0 Å². The summed E-state index contributed by atoms with van der Waals surface area (Å²) >= 11 is 0. The molecule has 0 unspecified atom stereocenters. The summed E-state index contributed by atoms with van der Waals surface area (Å²) in [6.07, 6.45) is 1.31. The molecule has 0 saturated carbocycles. The smallest absolute Gasteiger partial charge is 0.258 e. The lowest BCUT2D eigenvalue weighted by Gasteiger charge is -2.35. The molecule has 10 nitrogen and oxygen atoms in total. The molecule has 0 bridgehead atoms. The van der Waals surface area contributed by atoms with E-state index in [4.69, 9.17) is 9.47 Å². The zero-order chi connectivity index (χ0) is 34.1. The first-order valence-electron chi connectivity index (χ1n) is 15.8. The maximum absolute atomic E-state index is 14.3. The molecule has 1 aliphatic rings. The molecule has 254 valence electrons. The summed E-state index contributed by atoms with van der Waals surface area (Å²) in [5.41, 5.74) is 1.09. The molecule has 4 atom stereocenters. The Bertz CT molecular complexity index is 1610. The Morgan fingerprint density at radius 1 is 1.09 bits per heavy atom. The van der Waals surface area contributed by atoms with E-state index in [1.165, 1.54) is 28.4 Å². The number of anilines is 1. The largest absolute Gasteiger partial charge is 0.490 e. The lowest BCUT2D eigenvalue weighted by atomic mass is 10.0. The number of benzene rings is 3. The number of sulfonamides is 1. The van der Waals surface area contributed by atoms with Crippen molar-refractivity contribution in [3.8, 4) is 5.75 Å². The van der Waals surface area contributed by atoms with Crippen molar-refractivity contribution in [2.45, 2.75) is 63.2 Å². The molecule has 0 aromatic heterocycles. The summed E-state index contributed by atoms with van der Waals surface area (Å²) < 4.78 is 53.9. The van der Waals surface area contributed by atoms with E-state index in [0.717, 1.165) is 18.6 Å². The van der Waals surface area contributed by atoms with Crippen LogP contribution in [-0.4, -0.2) is 86.1 Å². The van der Waals surface area contributed by atoms with Gasteiger partial charge in [-0.25, -0.2) is 12.8 Å². The Morgan fingerprint density at radius 2 is 1.79 bits per heavy atom. The highest BCUT2D eigenvalue weighted by atomic mass is 32.2. The molecular formula is C35H44FN3O7S. The second kappa shape index (κ2) is 16.3. The van der Waals surface area contributed by atoms with Crippen LogP contribution in [0, 0.1) is 11.7 Å². The summed E-state index contributed by atoms with van der Waals surface area (Å²) in [4.78, 5) is 28.7. The van der Waals surface area contributed by atoms with Gasteiger partial charge in [0.25, 0.3) is 11.8 Å². The molecule has 3 aromatic rings. The van der Waals surface area contributed by atoms with Crippen molar-refractivity contribution < 1.29 is 37.0 Å². The van der Waals surface area contributed by atoms with Crippen molar-refractivity contribution in [3.63, 3.8) is 0 Å². The molecule has 12 heteroatoms. The summed E-state index contributed by atoms with van der Waals surface area (Å²) in [5.74, 6) is -1.30. The number of carbonyl (C=O) groups excluding carboxylic acids is 2. The standard InChI is InChI=1S/C35H44FN3O7S/c1-24-21-39(25(2)23-40)35(42)31-20-29(37-34(41)27-11-6-5-7-12-27)15-18-32(31)46-26(3)10-8-9-19-45-33(24)22-38(4)47(43,44)30-16-13-28(36)14-17-30/h5-7,11-18,20,24-26,33,40H,8-10,19,21-23H2,1-4H3,(H,37,41)/t24-,25+,26+,33-/m1/s1. The number of ether oxygens (including phenoxy) is 2. The second-order valence-electron chi connectivity index (χ2n) is 12.1. The summed E-state index contributed by atoms with van der Waals surface area (Å²) in [6, 6.07) is 17.7. The van der Waals surface area contributed by atoms with Crippen molar-refractivity contribution in [3.05, 3.63) is 89.7 Å². The highest BCUT2D eigenvalue weighted by molar-refractivity contribution is 7.89. The summed E-state index contributed by atoms with van der Waals surface area (Å²) in [7, 11) is -2.51. The van der Waals surface area contributed by atoms with Gasteiger partial charge in [0, 0.05) is 43.9 Å². The number of fused-ring (bicyclic) bond motifs is 1. The Kier molecular flexibility index (Phi) is 12.5. The second-order valence-corrected chi connectivity index (χ2v) is 14.1. The number of nitrogens with one attached hydrogen (secondary N) is 1. The molecule has 2 amide bonds. The third-order valence-corrected chi connectivity index (χ3v) is 10.1. The summed E-state index contributed by atoms with van der Waals surface area (Å²) in [6.45, 7) is 5.68. The van der Waals surface area contributed by atoms with Gasteiger partial charge in [0.2, 0.25) is 10.0 Å². The maximum Gasteiger partial charge on any atom is 0.258 e. The van der Waals surface area contributed by atoms with Crippen LogP contribution in [0.1, 0.15) is 60.7 Å². The highest BCUT2D eigenvalue weighted by Gasteiger charge is 2.32.